The third-order valence-electron chi connectivity index (χ3n) is 2.51. The molecule has 0 heterocycles. The summed E-state index contributed by atoms with van der Waals surface area (Å²) in [6, 6.07) is 10.8. The maximum absolute atomic E-state index is 12.6. The van der Waals surface area contributed by atoms with Crippen molar-refractivity contribution in [3.8, 4) is 11.5 Å². The Hall–Kier alpha value is -2.53. The van der Waals surface area contributed by atoms with Gasteiger partial charge in [0.1, 0.15) is 5.69 Å². The summed E-state index contributed by atoms with van der Waals surface area (Å²) in [6.07, 6.45) is 1.08. The quantitative estimate of drug-likeness (QED) is 0.567. The van der Waals surface area contributed by atoms with E-state index >= 15 is 0 Å². The molecular weight excluding hydrogens is 368 g/mol. The van der Waals surface area contributed by atoms with E-state index in [0.717, 1.165) is 12.3 Å². The predicted octanol–water partition coefficient (Wildman–Crippen LogP) is 2.62. The molecule has 0 radical (unpaired) electrons. The Morgan fingerprint density at radius 1 is 0.792 bits per heavy atom. The Morgan fingerprint density at radius 2 is 1.29 bits per heavy atom. The van der Waals surface area contributed by atoms with Crippen LogP contribution >= 0.6 is 0 Å². The van der Waals surface area contributed by atoms with Crippen LogP contribution < -0.4 is 8.37 Å². The summed E-state index contributed by atoms with van der Waals surface area (Å²) in [5.74, 6) is -0.715. The lowest BCUT2D eigenvalue weighted by atomic mass is 10.2. The molecule has 2 aromatic carbocycles. The third kappa shape index (κ3) is 5.59. The molecule has 0 aliphatic rings. The summed E-state index contributed by atoms with van der Waals surface area (Å²) in [4.78, 5) is 3.87. The Bertz CT molecular complexity index is 894. The molecule has 0 atom stereocenters. The van der Waals surface area contributed by atoms with E-state index in [1.807, 2.05) is 0 Å². The van der Waals surface area contributed by atoms with Crippen LogP contribution in [0.4, 0.5) is 13.5 Å². The topological polar surface area (TPSA) is 99.1 Å². The molecule has 0 amide bonds. The highest BCUT2D eigenvalue weighted by Gasteiger charge is 2.14. The number of hydrogen-bond donors (Lipinski definition) is 0. The minimum atomic E-state index is -5.24. The standard InChI is InChI=1S/C13H9F2NO6S2/c14-23(17,18)21-12-7-3-1-5-10(12)9-16-11-6-2-4-8-13(11)22-24(15,19)20/h1-9H. The monoisotopic (exact) mass is 377 g/mol. The average Bonchev–Trinajstić information content (AvgIpc) is 2.44. The number of rotatable bonds is 6. The van der Waals surface area contributed by atoms with Gasteiger partial charge in [-0.25, -0.2) is 0 Å². The number of benzene rings is 2. The van der Waals surface area contributed by atoms with Gasteiger partial charge in [0.05, 0.1) is 0 Å². The molecule has 0 saturated carbocycles. The molecule has 11 heteroatoms. The van der Waals surface area contributed by atoms with Crippen molar-refractivity contribution in [3.05, 3.63) is 54.1 Å². The molecule has 24 heavy (non-hydrogen) atoms. The first-order valence-electron chi connectivity index (χ1n) is 6.14. The molecule has 0 aromatic heterocycles. The SMILES string of the molecule is O=S(=O)(F)Oc1ccccc1C=Nc1ccccc1OS(=O)(=O)F. The molecule has 7 nitrogen and oxygen atoms in total. The summed E-state index contributed by atoms with van der Waals surface area (Å²) >= 11 is 0. The highest BCUT2D eigenvalue weighted by molar-refractivity contribution is 7.82. The van der Waals surface area contributed by atoms with Crippen LogP contribution in [0.5, 0.6) is 11.5 Å². The summed E-state index contributed by atoms with van der Waals surface area (Å²) in [7, 11) is -10.5. The van der Waals surface area contributed by atoms with Crippen LogP contribution in [0.25, 0.3) is 0 Å². The minimum absolute atomic E-state index is 0.0587. The zero-order valence-electron chi connectivity index (χ0n) is 11.7. The van der Waals surface area contributed by atoms with E-state index in [0.29, 0.717) is 0 Å². The molecule has 0 N–H and O–H groups in total. The van der Waals surface area contributed by atoms with E-state index in [2.05, 4.69) is 13.4 Å². The summed E-state index contributed by atoms with van der Waals surface area (Å²) in [6.45, 7) is 0. The second-order valence-corrected chi connectivity index (χ2v) is 6.12. The van der Waals surface area contributed by atoms with Gasteiger partial charge in [0.15, 0.2) is 11.5 Å². The molecule has 0 bridgehead atoms. The highest BCUT2D eigenvalue weighted by Crippen LogP contribution is 2.29. The van der Waals surface area contributed by atoms with Gasteiger partial charge in [-0.15, -0.1) is 0 Å². The van der Waals surface area contributed by atoms with E-state index in [4.69, 9.17) is 0 Å². The zero-order valence-corrected chi connectivity index (χ0v) is 13.3. The summed E-state index contributed by atoms with van der Waals surface area (Å²) in [5.41, 5.74) is 0.0215. The Morgan fingerprint density at radius 3 is 1.92 bits per heavy atom. The van der Waals surface area contributed by atoms with Gasteiger partial charge >= 0.3 is 21.0 Å². The van der Waals surface area contributed by atoms with Crippen LogP contribution in [0.1, 0.15) is 5.56 Å². The third-order valence-corrected chi connectivity index (χ3v) is 3.26. The van der Waals surface area contributed by atoms with Crippen LogP contribution in [0.15, 0.2) is 53.5 Å². The van der Waals surface area contributed by atoms with E-state index in [1.54, 1.807) is 0 Å². The molecule has 0 aliphatic carbocycles. The van der Waals surface area contributed by atoms with Crippen LogP contribution in [-0.2, 0) is 21.0 Å². The largest absolute Gasteiger partial charge is 0.488 e. The fourth-order valence-corrected chi connectivity index (χ4v) is 2.37. The Balaban J connectivity index is 2.36. The van der Waals surface area contributed by atoms with Crippen LogP contribution in [-0.4, -0.2) is 23.1 Å². The van der Waals surface area contributed by atoms with Crippen molar-refractivity contribution >= 4 is 32.9 Å². The van der Waals surface area contributed by atoms with Crippen LogP contribution in [0.2, 0.25) is 0 Å². The van der Waals surface area contributed by atoms with Gasteiger partial charge < -0.3 is 8.37 Å². The molecule has 0 unspecified atom stereocenters. The maximum atomic E-state index is 12.6. The van der Waals surface area contributed by atoms with Gasteiger partial charge in [-0.2, -0.15) is 16.8 Å². The molecule has 128 valence electrons. The molecule has 0 spiro atoms. The lowest BCUT2D eigenvalue weighted by Crippen LogP contribution is -2.03. The van der Waals surface area contributed by atoms with Gasteiger partial charge in [-0.05, 0) is 24.3 Å². The normalized spacial score (nSPS) is 12.2. The van der Waals surface area contributed by atoms with E-state index < -0.39 is 21.0 Å². The van der Waals surface area contributed by atoms with Crippen molar-refractivity contribution in [2.45, 2.75) is 0 Å². The number of halogens is 2. The number of aliphatic imine (C=N–C) groups is 1. The van der Waals surface area contributed by atoms with Crippen molar-refractivity contribution in [1.82, 2.24) is 0 Å². The second-order valence-electron chi connectivity index (χ2n) is 4.22. The average molecular weight is 377 g/mol. The van der Waals surface area contributed by atoms with Crippen molar-refractivity contribution in [1.29, 1.82) is 0 Å². The Kier molecular flexibility index (Phi) is 5.14. The van der Waals surface area contributed by atoms with Crippen molar-refractivity contribution in [3.63, 3.8) is 0 Å². The second kappa shape index (κ2) is 6.93. The maximum Gasteiger partial charge on any atom is 0.488 e. The van der Waals surface area contributed by atoms with E-state index in [9.17, 15) is 24.6 Å². The fraction of sp³-hybridized carbons (Fsp3) is 0. The zero-order chi connectivity index (χ0) is 17.8. The Labute approximate surface area is 137 Å². The molecule has 2 rings (SSSR count). The first-order chi connectivity index (χ1) is 11.1. The van der Waals surface area contributed by atoms with Gasteiger partial charge in [0.2, 0.25) is 0 Å². The van der Waals surface area contributed by atoms with E-state index in [-0.39, 0.29) is 22.7 Å². The molecule has 2 aromatic rings. The number of para-hydroxylation sites is 3. The smallest absolute Gasteiger partial charge is 0.358 e. The predicted molar refractivity (Wildman–Crippen MR) is 81.4 cm³/mol. The van der Waals surface area contributed by atoms with E-state index in [1.165, 1.54) is 42.5 Å². The van der Waals surface area contributed by atoms with Crippen LogP contribution in [0.3, 0.4) is 0 Å². The first-order valence-corrected chi connectivity index (χ1v) is 8.76. The summed E-state index contributed by atoms with van der Waals surface area (Å²) < 4.78 is 75.9. The lowest BCUT2D eigenvalue weighted by Gasteiger charge is -2.05. The van der Waals surface area contributed by atoms with Crippen molar-refractivity contribution in [2.24, 2.45) is 4.99 Å². The highest BCUT2D eigenvalue weighted by atomic mass is 32.3. The van der Waals surface area contributed by atoms with Gasteiger partial charge in [0, 0.05) is 11.8 Å². The molecule has 0 saturated heterocycles. The number of nitrogens with zero attached hydrogens (tertiary/aromatic N) is 1. The van der Waals surface area contributed by atoms with Gasteiger partial charge in [-0.3, -0.25) is 4.99 Å². The molecule has 0 fully saturated rings. The van der Waals surface area contributed by atoms with Gasteiger partial charge in [0.25, 0.3) is 0 Å². The summed E-state index contributed by atoms with van der Waals surface area (Å²) in [5, 5.41) is 0. The van der Waals surface area contributed by atoms with Gasteiger partial charge in [-0.1, -0.05) is 32.0 Å². The van der Waals surface area contributed by atoms with Crippen molar-refractivity contribution < 1.29 is 33.0 Å². The molecule has 0 aliphatic heterocycles. The minimum Gasteiger partial charge on any atom is -0.358 e. The first kappa shape index (κ1) is 17.8. The van der Waals surface area contributed by atoms with Crippen LogP contribution in [0, 0.1) is 0 Å². The lowest BCUT2D eigenvalue weighted by molar-refractivity contribution is 0.437. The number of hydrogen-bond acceptors (Lipinski definition) is 7. The fourth-order valence-electron chi connectivity index (χ4n) is 1.65. The molecular formula is C13H9F2NO6S2. The van der Waals surface area contributed by atoms with Crippen molar-refractivity contribution in [2.75, 3.05) is 0 Å².